The first-order valence-electron chi connectivity index (χ1n) is 9.24. The summed E-state index contributed by atoms with van der Waals surface area (Å²) in [4.78, 5) is 20.7. The number of hydrogen-bond acceptors (Lipinski definition) is 6. The Morgan fingerprint density at radius 3 is 2.38 bits per heavy atom. The number of nitrogens with zero attached hydrogens (tertiary/aromatic N) is 2. The summed E-state index contributed by atoms with van der Waals surface area (Å²) in [5, 5.41) is 6.01. The van der Waals surface area contributed by atoms with Gasteiger partial charge in [-0.1, -0.05) is 23.8 Å². The van der Waals surface area contributed by atoms with Crippen LogP contribution in [0.1, 0.15) is 21.6 Å². The van der Waals surface area contributed by atoms with E-state index in [1.54, 1.807) is 20.4 Å². The molecule has 0 saturated carbocycles. The molecule has 0 atom stereocenters. The Kier molecular flexibility index (Phi) is 6.63. The third-order valence-electron chi connectivity index (χ3n) is 4.36. The van der Waals surface area contributed by atoms with Gasteiger partial charge < -0.3 is 20.1 Å². The van der Waals surface area contributed by atoms with Gasteiger partial charge in [-0.3, -0.25) is 4.79 Å². The number of ether oxygens (including phenoxy) is 2. The predicted octanol–water partition coefficient (Wildman–Crippen LogP) is 3.71. The molecule has 0 aliphatic heterocycles. The molecule has 1 amide bonds. The van der Waals surface area contributed by atoms with Crippen molar-refractivity contribution in [3.8, 4) is 11.5 Å². The number of aryl methyl sites for hydroxylation is 1. The number of rotatable bonds is 8. The smallest absolute Gasteiger partial charge is 0.275 e. The van der Waals surface area contributed by atoms with E-state index in [1.165, 1.54) is 6.20 Å². The van der Waals surface area contributed by atoms with Crippen LogP contribution in [0.2, 0.25) is 0 Å². The van der Waals surface area contributed by atoms with Gasteiger partial charge in [0.25, 0.3) is 5.91 Å². The lowest BCUT2D eigenvalue weighted by molar-refractivity contribution is 0.102. The quantitative estimate of drug-likeness (QED) is 0.608. The van der Waals surface area contributed by atoms with Crippen molar-refractivity contribution in [2.24, 2.45) is 0 Å². The van der Waals surface area contributed by atoms with E-state index >= 15 is 0 Å². The van der Waals surface area contributed by atoms with Crippen LogP contribution in [0.4, 0.5) is 11.5 Å². The third-order valence-corrected chi connectivity index (χ3v) is 4.36. The second-order valence-corrected chi connectivity index (χ2v) is 6.47. The molecule has 1 heterocycles. The fraction of sp³-hybridized carbons (Fsp3) is 0.227. The molecule has 2 N–H and O–H groups in total. The topological polar surface area (TPSA) is 85.4 Å². The van der Waals surface area contributed by atoms with Crippen LogP contribution in [0, 0.1) is 6.92 Å². The number of carbonyl (C=O) groups is 1. The molecule has 1 aromatic heterocycles. The molecule has 3 rings (SSSR count). The standard InChI is InChI=1S/C22H24N4O3/c1-15-4-7-17(8-5-15)26-22(27)18-13-25-21(14-24-18)23-11-10-16-6-9-19(28-2)20(12-16)29-3/h4-9,12-14H,10-11H2,1-3H3,(H,23,25)(H,26,27). The lowest BCUT2D eigenvalue weighted by atomic mass is 10.1. The molecular weight excluding hydrogens is 368 g/mol. The van der Waals surface area contributed by atoms with Gasteiger partial charge in [0.05, 0.1) is 26.6 Å². The molecule has 0 radical (unpaired) electrons. The highest BCUT2D eigenvalue weighted by molar-refractivity contribution is 6.02. The summed E-state index contributed by atoms with van der Waals surface area (Å²) >= 11 is 0. The average molecular weight is 392 g/mol. The Balaban J connectivity index is 1.52. The van der Waals surface area contributed by atoms with Crippen LogP contribution < -0.4 is 20.1 Å². The van der Waals surface area contributed by atoms with Crippen molar-refractivity contribution in [3.63, 3.8) is 0 Å². The second kappa shape index (κ2) is 9.54. The van der Waals surface area contributed by atoms with Crippen LogP contribution in [-0.4, -0.2) is 36.6 Å². The zero-order valence-electron chi connectivity index (χ0n) is 16.7. The Morgan fingerprint density at radius 1 is 0.966 bits per heavy atom. The third kappa shape index (κ3) is 5.44. The zero-order valence-corrected chi connectivity index (χ0v) is 16.7. The fourth-order valence-electron chi connectivity index (χ4n) is 2.74. The van der Waals surface area contributed by atoms with Crippen molar-refractivity contribution >= 4 is 17.4 Å². The normalized spacial score (nSPS) is 10.3. The molecule has 0 unspecified atom stereocenters. The van der Waals surface area contributed by atoms with E-state index in [2.05, 4.69) is 20.6 Å². The predicted molar refractivity (Wildman–Crippen MR) is 113 cm³/mol. The van der Waals surface area contributed by atoms with Gasteiger partial charge in [-0.05, 0) is 43.2 Å². The molecule has 3 aromatic rings. The van der Waals surface area contributed by atoms with E-state index in [-0.39, 0.29) is 11.6 Å². The average Bonchev–Trinajstić information content (AvgIpc) is 2.75. The molecule has 0 fully saturated rings. The highest BCUT2D eigenvalue weighted by Crippen LogP contribution is 2.27. The summed E-state index contributed by atoms with van der Waals surface area (Å²) in [6.07, 6.45) is 3.79. The van der Waals surface area contributed by atoms with Crippen LogP contribution >= 0.6 is 0 Å². The first kappa shape index (κ1) is 20.1. The number of methoxy groups -OCH3 is 2. The monoisotopic (exact) mass is 392 g/mol. The van der Waals surface area contributed by atoms with Gasteiger partial charge >= 0.3 is 0 Å². The minimum Gasteiger partial charge on any atom is -0.493 e. The lowest BCUT2D eigenvalue weighted by Crippen LogP contribution is -2.15. The second-order valence-electron chi connectivity index (χ2n) is 6.47. The molecule has 2 aromatic carbocycles. The Bertz CT molecular complexity index is 957. The van der Waals surface area contributed by atoms with Gasteiger partial charge in [0.1, 0.15) is 11.5 Å². The van der Waals surface area contributed by atoms with Gasteiger partial charge in [-0.2, -0.15) is 0 Å². The van der Waals surface area contributed by atoms with E-state index in [4.69, 9.17) is 9.47 Å². The Labute approximate surface area is 170 Å². The molecule has 7 heteroatoms. The molecule has 0 saturated heterocycles. The number of hydrogen-bond donors (Lipinski definition) is 2. The minimum absolute atomic E-state index is 0.260. The van der Waals surface area contributed by atoms with Gasteiger partial charge in [0, 0.05) is 12.2 Å². The van der Waals surface area contributed by atoms with E-state index in [1.807, 2.05) is 49.4 Å². The van der Waals surface area contributed by atoms with E-state index < -0.39 is 0 Å². The SMILES string of the molecule is COc1ccc(CCNc2cnc(C(=O)Nc3ccc(C)cc3)cn2)cc1OC. The van der Waals surface area contributed by atoms with E-state index in [0.29, 0.717) is 23.9 Å². The number of aromatic nitrogens is 2. The van der Waals surface area contributed by atoms with E-state index in [9.17, 15) is 4.79 Å². The maximum atomic E-state index is 12.3. The van der Waals surface area contributed by atoms with Crippen molar-refractivity contribution in [1.29, 1.82) is 0 Å². The molecule has 0 aliphatic carbocycles. The van der Waals surface area contributed by atoms with Crippen molar-refractivity contribution in [3.05, 3.63) is 71.7 Å². The van der Waals surface area contributed by atoms with Crippen LogP contribution in [0.5, 0.6) is 11.5 Å². The van der Waals surface area contributed by atoms with Crippen LogP contribution in [-0.2, 0) is 6.42 Å². The highest BCUT2D eigenvalue weighted by atomic mass is 16.5. The molecule has 0 bridgehead atoms. The summed E-state index contributed by atoms with van der Waals surface area (Å²) in [6.45, 7) is 2.66. The number of nitrogens with one attached hydrogen (secondary N) is 2. The van der Waals surface area contributed by atoms with Crippen molar-refractivity contribution in [2.45, 2.75) is 13.3 Å². The summed E-state index contributed by atoms with van der Waals surface area (Å²) in [6, 6.07) is 13.4. The summed E-state index contributed by atoms with van der Waals surface area (Å²) < 4.78 is 10.6. The first-order chi connectivity index (χ1) is 14.1. The van der Waals surface area contributed by atoms with Crippen LogP contribution in [0.25, 0.3) is 0 Å². The van der Waals surface area contributed by atoms with Crippen LogP contribution in [0.15, 0.2) is 54.9 Å². The number of anilines is 2. The summed E-state index contributed by atoms with van der Waals surface area (Å²) in [5.74, 6) is 1.72. The molecule has 29 heavy (non-hydrogen) atoms. The fourth-order valence-corrected chi connectivity index (χ4v) is 2.74. The maximum absolute atomic E-state index is 12.3. The Hall–Kier alpha value is -3.61. The lowest BCUT2D eigenvalue weighted by Gasteiger charge is -2.10. The van der Waals surface area contributed by atoms with Crippen molar-refractivity contribution in [1.82, 2.24) is 9.97 Å². The van der Waals surface area contributed by atoms with Gasteiger partial charge in [-0.15, -0.1) is 0 Å². The summed E-state index contributed by atoms with van der Waals surface area (Å²) in [7, 11) is 3.23. The van der Waals surface area contributed by atoms with Crippen LogP contribution in [0.3, 0.4) is 0 Å². The molecule has 7 nitrogen and oxygen atoms in total. The van der Waals surface area contributed by atoms with Crippen molar-refractivity contribution in [2.75, 3.05) is 31.4 Å². The molecular formula is C22H24N4O3. The zero-order chi connectivity index (χ0) is 20.6. The largest absolute Gasteiger partial charge is 0.493 e. The van der Waals surface area contributed by atoms with Gasteiger partial charge in [-0.25, -0.2) is 9.97 Å². The number of benzene rings is 2. The number of amides is 1. The number of carbonyl (C=O) groups excluding carboxylic acids is 1. The highest BCUT2D eigenvalue weighted by Gasteiger charge is 2.09. The Morgan fingerprint density at radius 2 is 1.72 bits per heavy atom. The maximum Gasteiger partial charge on any atom is 0.275 e. The molecule has 0 spiro atoms. The van der Waals surface area contributed by atoms with Gasteiger partial charge in [0.15, 0.2) is 11.5 Å². The van der Waals surface area contributed by atoms with Gasteiger partial charge in [0.2, 0.25) is 0 Å². The molecule has 0 aliphatic rings. The van der Waals surface area contributed by atoms with E-state index in [0.717, 1.165) is 23.2 Å². The van der Waals surface area contributed by atoms with Crippen molar-refractivity contribution < 1.29 is 14.3 Å². The molecule has 150 valence electrons. The minimum atomic E-state index is -0.293. The summed E-state index contributed by atoms with van der Waals surface area (Å²) in [5.41, 5.74) is 3.22. The first-order valence-corrected chi connectivity index (χ1v) is 9.24.